The van der Waals surface area contributed by atoms with E-state index in [1.54, 1.807) is 11.3 Å². The number of likely N-dealkylation sites (N-methyl/N-ethyl adjacent to an activating group) is 1. The molecule has 3 fully saturated rings. The topological polar surface area (TPSA) is 89.0 Å². The first-order valence-electron chi connectivity index (χ1n) is 15.9. The van der Waals surface area contributed by atoms with Gasteiger partial charge in [0.05, 0.1) is 11.8 Å². The molecule has 6 rings (SSSR count). The second kappa shape index (κ2) is 12.0. The van der Waals surface area contributed by atoms with Crippen LogP contribution >= 0.6 is 11.3 Å². The molecule has 9 heteroatoms. The summed E-state index contributed by atoms with van der Waals surface area (Å²) < 4.78 is 0. The number of carbonyl (C=O) groups excluding carboxylic acids is 2. The molecule has 2 aliphatic heterocycles. The zero-order valence-electron chi connectivity index (χ0n) is 25.6. The van der Waals surface area contributed by atoms with Gasteiger partial charge in [0.15, 0.2) is 5.13 Å². The molecule has 0 unspecified atom stereocenters. The summed E-state index contributed by atoms with van der Waals surface area (Å²) in [6.07, 6.45) is 4.32. The molecule has 2 N–H and O–H groups in total. The number of aliphatic hydroxyl groups excluding tert-OH is 1. The van der Waals surface area contributed by atoms with Crippen molar-refractivity contribution in [3.63, 3.8) is 0 Å². The first-order chi connectivity index (χ1) is 20.1. The number of fused-ring (bicyclic) bond motifs is 2. The van der Waals surface area contributed by atoms with E-state index in [9.17, 15) is 14.7 Å². The van der Waals surface area contributed by atoms with Crippen molar-refractivity contribution in [1.82, 2.24) is 19.7 Å². The van der Waals surface area contributed by atoms with Gasteiger partial charge in [0.25, 0.3) is 5.91 Å². The Kier molecular flexibility index (Phi) is 8.48. The fourth-order valence-corrected chi connectivity index (χ4v) is 9.46. The molecule has 0 spiro atoms. The fourth-order valence-electron chi connectivity index (χ4n) is 8.20. The van der Waals surface area contributed by atoms with E-state index in [0.717, 1.165) is 83.6 Å². The number of likely N-dealkylation sites (tertiary alicyclic amines) is 1. The van der Waals surface area contributed by atoms with Gasteiger partial charge < -0.3 is 14.9 Å². The molecular weight excluding hydrogens is 546 g/mol. The maximum Gasteiger partial charge on any atom is 0.257 e. The minimum atomic E-state index is -0.544. The number of rotatable bonds is 6. The zero-order chi connectivity index (χ0) is 29.6. The molecular formula is C33H47N5O3S. The molecule has 4 aliphatic rings. The van der Waals surface area contributed by atoms with Crippen LogP contribution in [0, 0.1) is 23.2 Å². The van der Waals surface area contributed by atoms with Crippen LogP contribution < -0.4 is 5.32 Å². The van der Waals surface area contributed by atoms with E-state index in [1.807, 2.05) is 24.0 Å². The van der Waals surface area contributed by atoms with Crippen molar-refractivity contribution in [2.24, 2.45) is 23.2 Å². The summed E-state index contributed by atoms with van der Waals surface area (Å²) in [6.45, 7) is 13.4. The van der Waals surface area contributed by atoms with Gasteiger partial charge in [0.2, 0.25) is 5.91 Å². The molecule has 42 heavy (non-hydrogen) atoms. The van der Waals surface area contributed by atoms with Crippen molar-refractivity contribution in [3.05, 3.63) is 46.0 Å². The Morgan fingerprint density at radius 3 is 2.50 bits per heavy atom. The Morgan fingerprint density at radius 2 is 1.81 bits per heavy atom. The summed E-state index contributed by atoms with van der Waals surface area (Å²) in [6, 6.07) is 7.93. The quantitative estimate of drug-likeness (QED) is 0.515. The standard InChI is InChI=1S/C33H47N5O3S/c1-21(31(41)38-13-5-6-14-38)25-11-12-33(3)19-26-28(22(2)27(33)29(25)39)34-32(42-26)35-30(40)24-9-7-23(8-10-24)20-37-17-15-36(4)16-18-37/h7-10,21-22,25,27,29,39H,5-6,11-20H2,1-4H3,(H,34,35,40)/t21-,22-,25+,27+,29-,33-/m0/s1. The number of thiazole rings is 1. The summed E-state index contributed by atoms with van der Waals surface area (Å²) in [7, 11) is 2.16. The number of nitrogens with zero attached hydrogens (tertiary/aromatic N) is 4. The molecule has 1 aromatic carbocycles. The lowest BCUT2D eigenvalue weighted by atomic mass is 9.53. The van der Waals surface area contributed by atoms with Crippen molar-refractivity contribution >= 4 is 28.3 Å². The van der Waals surface area contributed by atoms with Crippen LogP contribution in [0.15, 0.2) is 24.3 Å². The second-order valence-electron chi connectivity index (χ2n) is 13.7. The Hall–Kier alpha value is -2.33. The highest BCUT2D eigenvalue weighted by Gasteiger charge is 2.54. The van der Waals surface area contributed by atoms with Gasteiger partial charge in [0.1, 0.15) is 0 Å². The Bertz CT molecular complexity index is 1280. The van der Waals surface area contributed by atoms with Gasteiger partial charge in [0, 0.05) is 68.1 Å². The third-order valence-corrected chi connectivity index (χ3v) is 11.8. The summed E-state index contributed by atoms with van der Waals surface area (Å²) >= 11 is 1.58. The number of nitrogens with one attached hydrogen (secondary N) is 1. The molecule has 1 aromatic heterocycles. The molecule has 2 aromatic rings. The smallest absolute Gasteiger partial charge is 0.257 e. The maximum atomic E-state index is 13.2. The SMILES string of the molecule is C[C@H](C(=O)N1CCCC1)[C@H]1CC[C@@]2(C)Cc3sc(NC(=O)c4ccc(CN5CCN(C)CC5)cc4)nc3[C@@H](C)[C@@H]2[C@H]1O. The van der Waals surface area contributed by atoms with Crippen LogP contribution in [0.1, 0.15) is 78.9 Å². The average Bonchev–Trinajstić information content (AvgIpc) is 3.64. The molecule has 3 heterocycles. The summed E-state index contributed by atoms with van der Waals surface area (Å²) in [5, 5.41) is 15.4. The van der Waals surface area contributed by atoms with Gasteiger partial charge in [-0.15, -0.1) is 11.3 Å². The molecule has 0 radical (unpaired) electrons. The number of carbonyl (C=O) groups is 2. The molecule has 2 aliphatic carbocycles. The molecule has 2 saturated heterocycles. The first-order valence-corrected chi connectivity index (χ1v) is 16.7. The van der Waals surface area contributed by atoms with E-state index >= 15 is 0 Å². The number of hydrogen-bond donors (Lipinski definition) is 2. The van der Waals surface area contributed by atoms with Gasteiger partial charge in [-0.05, 0) is 74.1 Å². The fraction of sp³-hybridized carbons (Fsp3) is 0.667. The number of hydrogen-bond acceptors (Lipinski definition) is 7. The van der Waals surface area contributed by atoms with E-state index < -0.39 is 6.10 Å². The van der Waals surface area contributed by atoms with Crippen LogP contribution in [0.4, 0.5) is 5.13 Å². The van der Waals surface area contributed by atoms with Crippen molar-refractivity contribution in [2.75, 3.05) is 51.6 Å². The monoisotopic (exact) mass is 593 g/mol. The lowest BCUT2D eigenvalue weighted by Crippen LogP contribution is -2.53. The molecule has 6 atom stereocenters. The lowest BCUT2D eigenvalue weighted by molar-refractivity contribution is -0.143. The van der Waals surface area contributed by atoms with Crippen molar-refractivity contribution < 1.29 is 14.7 Å². The second-order valence-corrected chi connectivity index (χ2v) is 14.8. The Labute approximate surface area is 254 Å². The van der Waals surface area contributed by atoms with Crippen LogP contribution in [0.5, 0.6) is 0 Å². The van der Waals surface area contributed by atoms with Crippen LogP contribution in [-0.2, 0) is 17.8 Å². The van der Waals surface area contributed by atoms with E-state index in [0.29, 0.717) is 10.7 Å². The van der Waals surface area contributed by atoms with Gasteiger partial charge in [-0.25, -0.2) is 4.98 Å². The van der Waals surface area contributed by atoms with Crippen LogP contribution in [-0.4, -0.2) is 89.0 Å². The third kappa shape index (κ3) is 5.77. The van der Waals surface area contributed by atoms with Crippen molar-refractivity contribution in [2.45, 2.75) is 71.4 Å². The van der Waals surface area contributed by atoms with Gasteiger partial charge in [-0.2, -0.15) is 0 Å². The number of benzene rings is 1. The lowest BCUT2D eigenvalue weighted by Gasteiger charge is -2.53. The zero-order valence-corrected chi connectivity index (χ0v) is 26.5. The Morgan fingerprint density at radius 1 is 1.12 bits per heavy atom. The molecule has 1 saturated carbocycles. The Balaban J connectivity index is 1.11. The van der Waals surface area contributed by atoms with Gasteiger partial charge >= 0.3 is 0 Å². The van der Waals surface area contributed by atoms with E-state index in [4.69, 9.17) is 4.98 Å². The highest BCUT2D eigenvalue weighted by molar-refractivity contribution is 7.15. The molecule has 0 bridgehead atoms. The summed E-state index contributed by atoms with van der Waals surface area (Å²) in [4.78, 5) is 39.3. The van der Waals surface area contributed by atoms with E-state index in [2.05, 4.69) is 48.1 Å². The van der Waals surface area contributed by atoms with Crippen LogP contribution in [0.3, 0.4) is 0 Å². The van der Waals surface area contributed by atoms with Crippen LogP contribution in [0.25, 0.3) is 0 Å². The summed E-state index contributed by atoms with van der Waals surface area (Å²) in [5.41, 5.74) is 2.80. The molecule has 8 nitrogen and oxygen atoms in total. The predicted octanol–water partition coefficient (Wildman–Crippen LogP) is 4.45. The van der Waals surface area contributed by atoms with Crippen molar-refractivity contribution in [3.8, 4) is 0 Å². The van der Waals surface area contributed by atoms with Crippen molar-refractivity contribution in [1.29, 1.82) is 0 Å². The predicted molar refractivity (Wildman–Crippen MR) is 167 cm³/mol. The highest BCUT2D eigenvalue weighted by atomic mass is 32.1. The summed E-state index contributed by atoms with van der Waals surface area (Å²) in [5.74, 6) is -0.0441. The largest absolute Gasteiger partial charge is 0.392 e. The normalized spacial score (nSPS) is 30.9. The highest BCUT2D eigenvalue weighted by Crippen LogP contribution is 2.57. The van der Waals surface area contributed by atoms with E-state index in [-0.39, 0.29) is 40.9 Å². The number of aromatic nitrogens is 1. The molecule has 2 amide bonds. The minimum absolute atomic E-state index is 0.0304. The maximum absolute atomic E-state index is 13.2. The van der Waals surface area contributed by atoms with Gasteiger partial charge in [-0.3, -0.25) is 19.8 Å². The van der Waals surface area contributed by atoms with Gasteiger partial charge in [-0.1, -0.05) is 32.9 Å². The number of piperazine rings is 1. The number of anilines is 1. The van der Waals surface area contributed by atoms with Crippen LogP contribution in [0.2, 0.25) is 0 Å². The van der Waals surface area contributed by atoms with E-state index in [1.165, 1.54) is 10.4 Å². The average molecular weight is 594 g/mol. The molecule has 228 valence electrons. The third-order valence-electron chi connectivity index (χ3n) is 10.8. The number of amides is 2. The minimum Gasteiger partial charge on any atom is -0.392 e. The number of aliphatic hydroxyl groups is 1. The first kappa shape index (κ1) is 29.7.